The van der Waals surface area contributed by atoms with Crippen LogP contribution < -0.4 is 0 Å². The lowest BCUT2D eigenvalue weighted by Gasteiger charge is -2.28. The van der Waals surface area contributed by atoms with Crippen molar-refractivity contribution < 1.29 is 13.6 Å². The van der Waals surface area contributed by atoms with E-state index in [1.807, 2.05) is 5.06 Å². The molecule has 4 heteroatoms. The predicted molar refractivity (Wildman–Crippen MR) is 105 cm³/mol. The van der Waals surface area contributed by atoms with Gasteiger partial charge in [0.2, 0.25) is 0 Å². The molecule has 0 amide bonds. The molecule has 0 N–H and O–H groups in total. The zero-order valence-corrected chi connectivity index (χ0v) is 16.7. The summed E-state index contributed by atoms with van der Waals surface area (Å²) in [5.41, 5.74) is 4.85. The summed E-state index contributed by atoms with van der Waals surface area (Å²) in [4.78, 5) is 5.60. The second-order valence-electron chi connectivity index (χ2n) is 7.89. The van der Waals surface area contributed by atoms with Crippen LogP contribution in [0.3, 0.4) is 0 Å². The molecule has 1 fully saturated rings. The zero-order chi connectivity index (χ0) is 19.6. The molecule has 0 spiro atoms. The van der Waals surface area contributed by atoms with Crippen LogP contribution in [0, 0.1) is 38.3 Å². The van der Waals surface area contributed by atoms with Crippen LogP contribution in [0.25, 0.3) is 0 Å². The molecule has 1 aliphatic rings. The molecule has 0 aliphatic heterocycles. The van der Waals surface area contributed by atoms with Gasteiger partial charge in [0.1, 0.15) is 11.6 Å². The summed E-state index contributed by atoms with van der Waals surface area (Å²) in [6, 6.07) is 8.38. The van der Waals surface area contributed by atoms with Crippen LogP contribution in [0.5, 0.6) is 0 Å². The monoisotopic (exact) mass is 373 g/mol. The molecule has 0 aromatic heterocycles. The summed E-state index contributed by atoms with van der Waals surface area (Å²) < 4.78 is 28.7. The Labute approximate surface area is 161 Å². The lowest BCUT2D eigenvalue weighted by molar-refractivity contribution is -0.137. The standard InChI is InChI=1S/C23H29F2NO/c1-15-10-16(2)23(17(3)11-15)19(14-26(27-4)13-18-8-9-18)12-20-21(24)6-5-7-22(20)25/h5-7,10-11,18-19H,8-9,12-14H2,1-4H3. The van der Waals surface area contributed by atoms with E-state index in [1.54, 1.807) is 7.11 Å². The molecule has 146 valence electrons. The summed E-state index contributed by atoms with van der Waals surface area (Å²) in [6.07, 6.45) is 2.78. The van der Waals surface area contributed by atoms with E-state index in [2.05, 4.69) is 32.9 Å². The predicted octanol–water partition coefficient (Wildman–Crippen LogP) is 5.49. The fourth-order valence-electron chi connectivity index (χ4n) is 4.12. The molecular formula is C23H29F2NO. The van der Waals surface area contributed by atoms with Crippen molar-refractivity contribution in [2.24, 2.45) is 5.92 Å². The Kier molecular flexibility index (Phi) is 6.28. The number of benzene rings is 2. The van der Waals surface area contributed by atoms with Gasteiger partial charge in [-0.3, -0.25) is 0 Å². The number of halogens is 2. The van der Waals surface area contributed by atoms with Crippen LogP contribution in [0.2, 0.25) is 0 Å². The number of rotatable bonds is 8. The van der Waals surface area contributed by atoms with Crippen LogP contribution in [0.1, 0.15) is 46.6 Å². The van der Waals surface area contributed by atoms with Gasteiger partial charge in [0, 0.05) is 24.6 Å². The molecule has 1 atom stereocenters. The van der Waals surface area contributed by atoms with Gasteiger partial charge in [-0.25, -0.2) is 8.78 Å². The average Bonchev–Trinajstić information content (AvgIpc) is 3.40. The van der Waals surface area contributed by atoms with Crippen LogP contribution >= 0.6 is 0 Å². The third-order valence-corrected chi connectivity index (χ3v) is 5.50. The highest BCUT2D eigenvalue weighted by molar-refractivity contribution is 5.41. The summed E-state index contributed by atoms with van der Waals surface area (Å²) in [6.45, 7) is 7.72. The normalized spacial score (nSPS) is 15.4. The smallest absolute Gasteiger partial charge is 0.129 e. The van der Waals surface area contributed by atoms with Crippen molar-refractivity contribution in [3.05, 3.63) is 69.8 Å². The van der Waals surface area contributed by atoms with E-state index in [-0.39, 0.29) is 11.5 Å². The summed E-state index contributed by atoms with van der Waals surface area (Å²) in [7, 11) is 1.68. The Morgan fingerprint density at radius 3 is 2.19 bits per heavy atom. The van der Waals surface area contributed by atoms with E-state index in [4.69, 9.17) is 4.84 Å². The van der Waals surface area contributed by atoms with E-state index in [9.17, 15) is 8.78 Å². The van der Waals surface area contributed by atoms with Gasteiger partial charge < -0.3 is 4.84 Å². The van der Waals surface area contributed by atoms with Gasteiger partial charge >= 0.3 is 0 Å². The number of hydroxylamine groups is 2. The number of hydrogen-bond acceptors (Lipinski definition) is 2. The van der Waals surface area contributed by atoms with Gasteiger partial charge in [-0.15, -0.1) is 0 Å². The lowest BCUT2D eigenvalue weighted by atomic mass is 9.85. The Bertz CT molecular complexity index is 758. The van der Waals surface area contributed by atoms with Crippen LogP contribution in [0.15, 0.2) is 30.3 Å². The highest BCUT2D eigenvalue weighted by Crippen LogP contribution is 2.33. The Hall–Kier alpha value is -1.78. The van der Waals surface area contributed by atoms with E-state index in [1.165, 1.54) is 42.2 Å². The topological polar surface area (TPSA) is 12.5 Å². The Balaban J connectivity index is 1.95. The number of aryl methyl sites for hydroxylation is 3. The number of nitrogens with zero attached hydrogens (tertiary/aromatic N) is 1. The van der Waals surface area contributed by atoms with Crippen LogP contribution in [0.4, 0.5) is 8.78 Å². The third kappa shape index (κ3) is 4.94. The van der Waals surface area contributed by atoms with Crippen LogP contribution in [-0.4, -0.2) is 25.3 Å². The minimum Gasteiger partial charge on any atom is -0.302 e. The molecule has 3 rings (SSSR count). The molecule has 0 heterocycles. The SMILES string of the molecule is CON(CC1CC1)CC(Cc1c(F)cccc1F)c1c(C)cc(C)cc1C. The molecule has 0 bridgehead atoms. The first kappa shape index (κ1) is 20.0. The van der Waals surface area contributed by atoms with Crippen molar-refractivity contribution in [3.8, 4) is 0 Å². The van der Waals surface area contributed by atoms with Gasteiger partial charge in [-0.05, 0) is 74.8 Å². The van der Waals surface area contributed by atoms with Gasteiger partial charge in [0.15, 0.2) is 0 Å². The van der Waals surface area contributed by atoms with Gasteiger partial charge in [0.05, 0.1) is 7.11 Å². The second kappa shape index (κ2) is 8.49. The van der Waals surface area contributed by atoms with Crippen LogP contribution in [-0.2, 0) is 11.3 Å². The van der Waals surface area contributed by atoms with Crippen molar-refractivity contribution in [2.45, 2.75) is 46.0 Å². The maximum absolute atomic E-state index is 14.3. The van der Waals surface area contributed by atoms with Crippen molar-refractivity contribution in [2.75, 3.05) is 20.2 Å². The molecule has 2 aromatic carbocycles. The average molecular weight is 373 g/mol. The molecule has 0 radical (unpaired) electrons. The number of hydrogen-bond donors (Lipinski definition) is 0. The summed E-state index contributed by atoms with van der Waals surface area (Å²) in [5, 5.41) is 1.96. The van der Waals surface area contributed by atoms with E-state index >= 15 is 0 Å². The summed E-state index contributed by atoms with van der Waals surface area (Å²) in [5.74, 6) is -0.325. The first-order valence-electron chi connectivity index (χ1n) is 9.68. The highest BCUT2D eigenvalue weighted by Gasteiger charge is 2.28. The molecule has 1 aliphatic carbocycles. The van der Waals surface area contributed by atoms with Crippen molar-refractivity contribution in [1.82, 2.24) is 5.06 Å². The molecule has 27 heavy (non-hydrogen) atoms. The minimum absolute atomic E-state index is 0.0456. The Morgan fingerprint density at radius 2 is 1.67 bits per heavy atom. The highest BCUT2D eigenvalue weighted by atomic mass is 19.1. The molecule has 2 nitrogen and oxygen atoms in total. The van der Waals surface area contributed by atoms with Gasteiger partial charge in [-0.2, -0.15) is 5.06 Å². The lowest BCUT2D eigenvalue weighted by Crippen LogP contribution is -2.31. The second-order valence-corrected chi connectivity index (χ2v) is 7.89. The van der Waals surface area contributed by atoms with Crippen molar-refractivity contribution in [1.29, 1.82) is 0 Å². The molecule has 2 aromatic rings. The first-order valence-corrected chi connectivity index (χ1v) is 9.68. The fraction of sp³-hybridized carbons (Fsp3) is 0.478. The quantitative estimate of drug-likeness (QED) is 0.567. The minimum atomic E-state index is -0.478. The van der Waals surface area contributed by atoms with Gasteiger partial charge in [0.25, 0.3) is 0 Å². The van der Waals surface area contributed by atoms with E-state index in [0.717, 1.165) is 17.7 Å². The molecule has 1 unspecified atom stereocenters. The zero-order valence-electron chi connectivity index (χ0n) is 16.7. The molecule has 0 saturated heterocycles. The van der Waals surface area contributed by atoms with E-state index < -0.39 is 11.6 Å². The molecule has 1 saturated carbocycles. The van der Waals surface area contributed by atoms with Crippen molar-refractivity contribution >= 4 is 0 Å². The summed E-state index contributed by atoms with van der Waals surface area (Å²) >= 11 is 0. The van der Waals surface area contributed by atoms with Gasteiger partial charge in [-0.1, -0.05) is 23.8 Å². The maximum Gasteiger partial charge on any atom is 0.129 e. The molecular weight excluding hydrogens is 344 g/mol. The van der Waals surface area contributed by atoms with E-state index in [0.29, 0.717) is 18.9 Å². The fourth-order valence-corrected chi connectivity index (χ4v) is 4.12. The largest absolute Gasteiger partial charge is 0.302 e. The first-order chi connectivity index (χ1) is 12.9. The third-order valence-electron chi connectivity index (χ3n) is 5.50. The Morgan fingerprint density at radius 1 is 1.07 bits per heavy atom. The van der Waals surface area contributed by atoms with Crippen molar-refractivity contribution in [3.63, 3.8) is 0 Å². The maximum atomic E-state index is 14.3.